The summed E-state index contributed by atoms with van der Waals surface area (Å²) >= 11 is 6.07. The Bertz CT molecular complexity index is 369. The molecular weight excluding hydrogens is 234 g/mol. The van der Waals surface area contributed by atoms with Crippen molar-refractivity contribution in [2.75, 3.05) is 13.2 Å². The fourth-order valence-corrected chi connectivity index (χ4v) is 2.82. The number of ether oxygens (including phenoxy) is 1. The molecule has 3 atom stereocenters. The van der Waals surface area contributed by atoms with Crippen LogP contribution < -0.4 is 5.32 Å². The lowest BCUT2D eigenvalue weighted by atomic mass is 9.88. The number of rotatable bonds is 4. The fraction of sp³-hybridized carbons (Fsp3) is 0.571. The number of hydrogen-bond acceptors (Lipinski definition) is 2. The van der Waals surface area contributed by atoms with Crippen molar-refractivity contribution in [3.63, 3.8) is 0 Å². The van der Waals surface area contributed by atoms with Crippen LogP contribution >= 0.6 is 11.6 Å². The first-order chi connectivity index (χ1) is 8.22. The summed E-state index contributed by atoms with van der Waals surface area (Å²) in [6, 6.07) is 8.48. The van der Waals surface area contributed by atoms with E-state index in [4.69, 9.17) is 16.3 Å². The zero-order valence-electron chi connectivity index (χ0n) is 10.4. The molecular formula is C14H20ClNO. The van der Waals surface area contributed by atoms with Gasteiger partial charge in [-0.1, -0.05) is 30.7 Å². The number of nitrogens with one attached hydrogen (secondary N) is 1. The van der Waals surface area contributed by atoms with Gasteiger partial charge in [-0.2, -0.15) is 0 Å². The molecule has 2 rings (SSSR count). The molecule has 0 radical (unpaired) electrons. The van der Waals surface area contributed by atoms with Gasteiger partial charge >= 0.3 is 0 Å². The zero-order valence-corrected chi connectivity index (χ0v) is 11.2. The number of benzene rings is 1. The van der Waals surface area contributed by atoms with Gasteiger partial charge in [0.2, 0.25) is 0 Å². The van der Waals surface area contributed by atoms with Crippen LogP contribution in [0.2, 0.25) is 5.02 Å². The summed E-state index contributed by atoms with van der Waals surface area (Å²) in [7, 11) is 0. The first-order valence-electron chi connectivity index (χ1n) is 6.33. The monoisotopic (exact) mass is 253 g/mol. The van der Waals surface area contributed by atoms with Gasteiger partial charge in [-0.25, -0.2) is 0 Å². The van der Waals surface area contributed by atoms with Gasteiger partial charge in [-0.05, 0) is 37.6 Å². The van der Waals surface area contributed by atoms with Gasteiger partial charge < -0.3 is 10.1 Å². The van der Waals surface area contributed by atoms with E-state index in [1.165, 1.54) is 5.56 Å². The molecule has 1 N–H and O–H groups in total. The highest BCUT2D eigenvalue weighted by Crippen LogP contribution is 2.33. The minimum Gasteiger partial charge on any atom is -0.378 e. The van der Waals surface area contributed by atoms with E-state index in [9.17, 15) is 0 Å². The summed E-state index contributed by atoms with van der Waals surface area (Å²) in [6.07, 6.45) is 1.43. The molecule has 1 aromatic carbocycles. The number of hydrogen-bond donors (Lipinski definition) is 1. The molecule has 0 bridgehead atoms. The van der Waals surface area contributed by atoms with Crippen molar-refractivity contribution < 1.29 is 4.74 Å². The van der Waals surface area contributed by atoms with Crippen molar-refractivity contribution in [3.8, 4) is 0 Å². The van der Waals surface area contributed by atoms with Crippen LogP contribution in [-0.4, -0.2) is 19.3 Å². The Hall–Kier alpha value is -0.570. The molecule has 1 fully saturated rings. The van der Waals surface area contributed by atoms with Gasteiger partial charge in [0.15, 0.2) is 0 Å². The average molecular weight is 254 g/mol. The summed E-state index contributed by atoms with van der Waals surface area (Å²) in [5.41, 5.74) is 1.27. The van der Waals surface area contributed by atoms with E-state index in [2.05, 4.69) is 31.3 Å². The molecule has 3 heteroatoms. The highest BCUT2D eigenvalue weighted by atomic mass is 35.5. The first kappa shape index (κ1) is 12.9. The third-order valence-corrected chi connectivity index (χ3v) is 3.73. The molecule has 1 aliphatic heterocycles. The standard InChI is InChI=1S/C14H20ClNO/c1-3-16-14(13-7-8-17-10(13)2)11-5-4-6-12(15)9-11/h4-6,9-10,13-14,16H,3,7-8H2,1-2H3. The van der Waals surface area contributed by atoms with Gasteiger partial charge in [0.1, 0.15) is 0 Å². The van der Waals surface area contributed by atoms with Crippen molar-refractivity contribution in [2.24, 2.45) is 5.92 Å². The molecule has 1 heterocycles. The largest absolute Gasteiger partial charge is 0.378 e. The lowest BCUT2D eigenvalue weighted by Gasteiger charge is -2.27. The molecule has 0 amide bonds. The second-order valence-electron chi connectivity index (χ2n) is 4.62. The Balaban J connectivity index is 2.22. The van der Waals surface area contributed by atoms with Crippen molar-refractivity contribution in [3.05, 3.63) is 34.9 Å². The predicted octanol–water partition coefficient (Wildman–Crippen LogP) is 3.42. The molecule has 0 aromatic heterocycles. The molecule has 94 valence electrons. The van der Waals surface area contributed by atoms with Crippen LogP contribution in [0.3, 0.4) is 0 Å². The quantitative estimate of drug-likeness (QED) is 0.888. The summed E-state index contributed by atoms with van der Waals surface area (Å²) in [6.45, 7) is 6.12. The molecule has 1 aromatic rings. The highest BCUT2D eigenvalue weighted by molar-refractivity contribution is 6.30. The summed E-state index contributed by atoms with van der Waals surface area (Å²) < 4.78 is 5.67. The SMILES string of the molecule is CCNC(c1cccc(Cl)c1)C1CCOC1C. The average Bonchev–Trinajstić information content (AvgIpc) is 2.72. The Kier molecular flexibility index (Phi) is 4.43. The zero-order chi connectivity index (χ0) is 12.3. The van der Waals surface area contributed by atoms with Crippen LogP contribution in [0.25, 0.3) is 0 Å². The third kappa shape index (κ3) is 3.01. The van der Waals surface area contributed by atoms with Crippen LogP contribution in [0, 0.1) is 5.92 Å². The first-order valence-corrected chi connectivity index (χ1v) is 6.70. The minimum absolute atomic E-state index is 0.318. The van der Waals surface area contributed by atoms with Crippen molar-refractivity contribution in [1.82, 2.24) is 5.32 Å². The maximum atomic E-state index is 6.07. The lowest BCUT2D eigenvalue weighted by Crippen LogP contribution is -2.31. The van der Waals surface area contributed by atoms with Gasteiger partial charge in [0, 0.05) is 23.6 Å². The smallest absolute Gasteiger partial charge is 0.0594 e. The van der Waals surface area contributed by atoms with Gasteiger partial charge in [0.05, 0.1) is 6.10 Å². The molecule has 1 saturated heterocycles. The summed E-state index contributed by atoms with van der Waals surface area (Å²) in [5, 5.41) is 4.36. The van der Waals surface area contributed by atoms with E-state index >= 15 is 0 Å². The van der Waals surface area contributed by atoms with E-state index in [0.29, 0.717) is 18.1 Å². The van der Waals surface area contributed by atoms with Crippen LogP contribution in [0.15, 0.2) is 24.3 Å². The molecule has 0 spiro atoms. The second-order valence-corrected chi connectivity index (χ2v) is 5.06. The Morgan fingerprint density at radius 2 is 2.35 bits per heavy atom. The molecule has 0 saturated carbocycles. The Morgan fingerprint density at radius 1 is 1.53 bits per heavy atom. The van der Waals surface area contributed by atoms with Crippen molar-refractivity contribution in [2.45, 2.75) is 32.4 Å². The van der Waals surface area contributed by atoms with Crippen molar-refractivity contribution >= 4 is 11.6 Å². The summed E-state index contributed by atoms with van der Waals surface area (Å²) in [4.78, 5) is 0. The van der Waals surface area contributed by atoms with Crippen LogP contribution in [-0.2, 0) is 4.74 Å². The van der Waals surface area contributed by atoms with E-state index in [1.54, 1.807) is 0 Å². The molecule has 0 aliphatic carbocycles. The van der Waals surface area contributed by atoms with Crippen LogP contribution in [0.1, 0.15) is 31.9 Å². The maximum Gasteiger partial charge on any atom is 0.0594 e. The third-order valence-electron chi connectivity index (χ3n) is 3.49. The van der Waals surface area contributed by atoms with E-state index < -0.39 is 0 Å². The molecule has 3 unspecified atom stereocenters. The predicted molar refractivity (Wildman–Crippen MR) is 71.4 cm³/mol. The van der Waals surface area contributed by atoms with Gasteiger partial charge in [-0.15, -0.1) is 0 Å². The number of halogens is 1. The lowest BCUT2D eigenvalue weighted by molar-refractivity contribution is 0.0956. The second kappa shape index (κ2) is 5.85. The Morgan fingerprint density at radius 3 is 2.94 bits per heavy atom. The van der Waals surface area contributed by atoms with Crippen LogP contribution in [0.5, 0.6) is 0 Å². The Labute approximate surface area is 108 Å². The fourth-order valence-electron chi connectivity index (χ4n) is 2.62. The summed E-state index contributed by atoms with van der Waals surface area (Å²) in [5.74, 6) is 0.536. The highest BCUT2D eigenvalue weighted by Gasteiger charge is 2.32. The van der Waals surface area contributed by atoms with E-state index in [-0.39, 0.29) is 0 Å². The topological polar surface area (TPSA) is 21.3 Å². The molecule has 2 nitrogen and oxygen atoms in total. The van der Waals surface area contributed by atoms with Crippen molar-refractivity contribution in [1.29, 1.82) is 0 Å². The van der Waals surface area contributed by atoms with Gasteiger partial charge in [0.25, 0.3) is 0 Å². The maximum absolute atomic E-state index is 6.07. The van der Waals surface area contributed by atoms with Crippen LogP contribution in [0.4, 0.5) is 0 Å². The minimum atomic E-state index is 0.318. The van der Waals surface area contributed by atoms with Gasteiger partial charge in [-0.3, -0.25) is 0 Å². The normalized spacial score (nSPS) is 26.1. The van der Waals surface area contributed by atoms with E-state index in [1.807, 2.05) is 12.1 Å². The molecule has 1 aliphatic rings. The van der Waals surface area contributed by atoms with E-state index in [0.717, 1.165) is 24.6 Å². The molecule has 17 heavy (non-hydrogen) atoms.